The highest BCUT2D eigenvalue weighted by Gasteiger charge is 2.43. The minimum absolute atomic E-state index is 0.00650. The average molecular weight is 253 g/mol. The maximum Gasteiger partial charge on any atom is 0.405 e. The van der Waals surface area contributed by atoms with Crippen molar-refractivity contribution in [1.29, 1.82) is 0 Å². The van der Waals surface area contributed by atoms with Crippen LogP contribution in [0.5, 0.6) is 0 Å². The van der Waals surface area contributed by atoms with Crippen LogP contribution in [0.15, 0.2) is 0 Å². The number of likely N-dealkylation sites (tertiary alicyclic amines) is 1. The van der Waals surface area contributed by atoms with Crippen molar-refractivity contribution in [2.24, 2.45) is 5.73 Å². The zero-order chi connectivity index (χ0) is 13.1. The Morgan fingerprint density at radius 3 is 2.24 bits per heavy atom. The molecule has 0 bridgehead atoms. The standard InChI is InChI=1S/C11H22F3N3/c1-3-17-6-4-9(5-7-17)16(2)10(8-15)11(12,13)14/h9-10H,3-8,15H2,1-2H3. The molecule has 1 rings (SSSR count). The lowest BCUT2D eigenvalue weighted by Gasteiger charge is -2.40. The van der Waals surface area contributed by atoms with Gasteiger partial charge in [-0.05, 0) is 39.5 Å². The first-order valence-electron chi connectivity index (χ1n) is 6.11. The Balaban J connectivity index is 2.55. The molecule has 1 aliphatic rings. The Morgan fingerprint density at radius 1 is 1.35 bits per heavy atom. The maximum atomic E-state index is 12.7. The van der Waals surface area contributed by atoms with Crippen LogP contribution in [0, 0.1) is 0 Å². The molecule has 0 saturated carbocycles. The number of nitrogens with two attached hydrogens (primary N) is 1. The number of likely N-dealkylation sites (N-methyl/N-ethyl adjacent to an activating group) is 1. The average Bonchev–Trinajstić information content (AvgIpc) is 2.28. The van der Waals surface area contributed by atoms with Crippen molar-refractivity contribution in [2.75, 3.05) is 33.2 Å². The number of halogens is 3. The molecule has 1 unspecified atom stereocenters. The van der Waals surface area contributed by atoms with E-state index >= 15 is 0 Å². The van der Waals surface area contributed by atoms with Crippen molar-refractivity contribution in [3.05, 3.63) is 0 Å². The summed E-state index contributed by atoms with van der Waals surface area (Å²) in [6.45, 7) is 4.42. The smallest absolute Gasteiger partial charge is 0.329 e. The zero-order valence-electron chi connectivity index (χ0n) is 10.5. The van der Waals surface area contributed by atoms with Crippen LogP contribution in [0.2, 0.25) is 0 Å². The molecule has 0 spiro atoms. The van der Waals surface area contributed by atoms with E-state index in [1.807, 2.05) is 0 Å². The summed E-state index contributed by atoms with van der Waals surface area (Å²) in [5.41, 5.74) is 5.25. The van der Waals surface area contributed by atoms with E-state index in [-0.39, 0.29) is 12.6 Å². The molecule has 2 N–H and O–H groups in total. The summed E-state index contributed by atoms with van der Waals surface area (Å²) in [5, 5.41) is 0. The third-order valence-electron chi connectivity index (χ3n) is 3.67. The monoisotopic (exact) mass is 253 g/mol. The molecule has 1 aliphatic heterocycles. The van der Waals surface area contributed by atoms with Gasteiger partial charge >= 0.3 is 6.18 Å². The van der Waals surface area contributed by atoms with Crippen LogP contribution < -0.4 is 5.73 Å². The second-order valence-electron chi connectivity index (χ2n) is 4.62. The highest BCUT2D eigenvalue weighted by Crippen LogP contribution is 2.27. The molecular weight excluding hydrogens is 231 g/mol. The molecule has 1 fully saturated rings. The Hall–Kier alpha value is -0.330. The number of piperidine rings is 1. The van der Waals surface area contributed by atoms with Gasteiger partial charge in [0, 0.05) is 12.6 Å². The fraction of sp³-hybridized carbons (Fsp3) is 1.00. The molecule has 0 aromatic carbocycles. The molecular formula is C11H22F3N3. The number of alkyl halides is 3. The highest BCUT2D eigenvalue weighted by molar-refractivity contribution is 4.85. The lowest BCUT2D eigenvalue weighted by Crippen LogP contribution is -2.54. The summed E-state index contributed by atoms with van der Waals surface area (Å²) in [6, 6.07) is -1.52. The molecule has 1 heterocycles. The molecule has 17 heavy (non-hydrogen) atoms. The van der Waals surface area contributed by atoms with Gasteiger partial charge in [0.1, 0.15) is 6.04 Å². The Morgan fingerprint density at radius 2 is 1.88 bits per heavy atom. The van der Waals surface area contributed by atoms with Gasteiger partial charge in [-0.3, -0.25) is 4.90 Å². The van der Waals surface area contributed by atoms with Crippen LogP contribution in [-0.2, 0) is 0 Å². The Kier molecular flexibility index (Phi) is 5.22. The van der Waals surface area contributed by atoms with E-state index in [1.54, 1.807) is 0 Å². The lowest BCUT2D eigenvalue weighted by molar-refractivity contribution is -0.184. The van der Waals surface area contributed by atoms with Crippen molar-refractivity contribution >= 4 is 0 Å². The number of rotatable bonds is 4. The second-order valence-corrected chi connectivity index (χ2v) is 4.62. The number of hydrogen-bond donors (Lipinski definition) is 1. The normalized spacial score (nSPS) is 22.1. The first kappa shape index (κ1) is 14.7. The van der Waals surface area contributed by atoms with Gasteiger partial charge < -0.3 is 10.6 Å². The summed E-state index contributed by atoms with van der Waals surface area (Å²) >= 11 is 0. The van der Waals surface area contributed by atoms with Crippen molar-refractivity contribution in [3.63, 3.8) is 0 Å². The summed E-state index contributed by atoms with van der Waals surface area (Å²) in [4.78, 5) is 3.67. The minimum Gasteiger partial charge on any atom is -0.329 e. The van der Waals surface area contributed by atoms with E-state index in [4.69, 9.17) is 5.73 Å². The largest absolute Gasteiger partial charge is 0.405 e. The van der Waals surface area contributed by atoms with Crippen molar-refractivity contribution in [2.45, 2.75) is 38.0 Å². The third kappa shape index (κ3) is 3.82. The molecule has 0 aromatic rings. The van der Waals surface area contributed by atoms with Crippen LogP contribution in [-0.4, -0.2) is 61.3 Å². The lowest BCUT2D eigenvalue weighted by atomic mass is 10.0. The van der Waals surface area contributed by atoms with Crippen molar-refractivity contribution in [1.82, 2.24) is 9.80 Å². The van der Waals surface area contributed by atoms with E-state index in [0.717, 1.165) is 32.5 Å². The Labute approximate surface area is 101 Å². The SMILES string of the molecule is CCN1CCC(N(C)C(CN)C(F)(F)F)CC1. The van der Waals surface area contributed by atoms with E-state index in [9.17, 15) is 13.2 Å². The number of nitrogens with zero attached hydrogens (tertiary/aromatic N) is 2. The van der Waals surface area contributed by atoms with Gasteiger partial charge in [0.05, 0.1) is 0 Å². The predicted molar refractivity (Wildman–Crippen MR) is 61.8 cm³/mol. The molecule has 3 nitrogen and oxygen atoms in total. The molecule has 0 radical (unpaired) electrons. The van der Waals surface area contributed by atoms with E-state index < -0.39 is 12.2 Å². The van der Waals surface area contributed by atoms with Crippen LogP contribution in [0.3, 0.4) is 0 Å². The summed E-state index contributed by atoms with van der Waals surface area (Å²) in [6.07, 6.45) is -2.65. The highest BCUT2D eigenvalue weighted by atomic mass is 19.4. The number of hydrogen-bond acceptors (Lipinski definition) is 3. The Bertz CT molecular complexity index is 224. The van der Waals surface area contributed by atoms with E-state index in [1.165, 1.54) is 11.9 Å². The summed E-state index contributed by atoms with van der Waals surface area (Å²) < 4.78 is 38.2. The molecule has 1 atom stereocenters. The van der Waals surface area contributed by atoms with E-state index in [2.05, 4.69) is 11.8 Å². The minimum atomic E-state index is -4.23. The summed E-state index contributed by atoms with van der Waals surface area (Å²) in [7, 11) is 1.54. The van der Waals surface area contributed by atoms with Gasteiger partial charge in [-0.1, -0.05) is 6.92 Å². The second kappa shape index (κ2) is 6.02. The van der Waals surface area contributed by atoms with Gasteiger partial charge in [0.25, 0.3) is 0 Å². The summed E-state index contributed by atoms with van der Waals surface area (Å²) in [5.74, 6) is 0. The van der Waals surface area contributed by atoms with Gasteiger partial charge in [0.15, 0.2) is 0 Å². The van der Waals surface area contributed by atoms with Crippen molar-refractivity contribution in [3.8, 4) is 0 Å². The van der Waals surface area contributed by atoms with Crippen LogP contribution in [0.1, 0.15) is 19.8 Å². The fourth-order valence-electron chi connectivity index (χ4n) is 2.43. The van der Waals surface area contributed by atoms with Gasteiger partial charge in [-0.2, -0.15) is 13.2 Å². The van der Waals surface area contributed by atoms with Crippen LogP contribution in [0.25, 0.3) is 0 Å². The van der Waals surface area contributed by atoms with Gasteiger partial charge in [-0.15, -0.1) is 0 Å². The first-order chi connectivity index (χ1) is 7.90. The topological polar surface area (TPSA) is 32.5 Å². The van der Waals surface area contributed by atoms with Crippen molar-refractivity contribution < 1.29 is 13.2 Å². The molecule has 0 aromatic heterocycles. The first-order valence-corrected chi connectivity index (χ1v) is 6.11. The van der Waals surface area contributed by atoms with Crippen LogP contribution >= 0.6 is 0 Å². The molecule has 1 saturated heterocycles. The fourth-order valence-corrected chi connectivity index (χ4v) is 2.43. The van der Waals surface area contributed by atoms with Crippen LogP contribution in [0.4, 0.5) is 13.2 Å². The maximum absolute atomic E-state index is 12.7. The molecule has 0 aliphatic carbocycles. The van der Waals surface area contributed by atoms with Gasteiger partial charge in [0.2, 0.25) is 0 Å². The zero-order valence-corrected chi connectivity index (χ0v) is 10.5. The molecule has 102 valence electrons. The third-order valence-corrected chi connectivity index (χ3v) is 3.67. The van der Waals surface area contributed by atoms with Gasteiger partial charge in [-0.25, -0.2) is 0 Å². The molecule has 0 amide bonds. The quantitative estimate of drug-likeness (QED) is 0.819. The predicted octanol–water partition coefficient (Wildman–Crippen LogP) is 1.29. The van der Waals surface area contributed by atoms with E-state index in [0.29, 0.717) is 0 Å². The molecule has 6 heteroatoms.